The van der Waals surface area contributed by atoms with Crippen molar-refractivity contribution in [1.82, 2.24) is 4.98 Å². The lowest BCUT2D eigenvalue weighted by Gasteiger charge is -2.41. The number of hydrogen-bond acceptors (Lipinski definition) is 7. The first kappa shape index (κ1) is 25.8. The first-order valence-electron chi connectivity index (χ1n) is 11.5. The van der Waals surface area contributed by atoms with Crippen molar-refractivity contribution < 1.29 is 29.3 Å². The number of nitrogens with zero attached hydrogens (tertiary/aromatic N) is 1. The lowest BCUT2D eigenvalue weighted by atomic mass is 9.91. The summed E-state index contributed by atoms with van der Waals surface area (Å²) < 4.78 is 12.8. The van der Waals surface area contributed by atoms with Crippen molar-refractivity contribution in [2.24, 2.45) is 5.92 Å². The summed E-state index contributed by atoms with van der Waals surface area (Å²) in [5.74, 6) is -0.747. The number of carbonyl (C=O) groups is 2. The second-order valence-corrected chi connectivity index (χ2v) is 9.61. The SMILES string of the molecule is CC(=O)Nc1ccc([C@@H]2O[C@H](CSc3ncccc3C(=O)O)[C@H](C)[C@H](c3ccc(CO)cc3)O2)cc1. The quantitative estimate of drug-likeness (QED) is 0.371. The Balaban J connectivity index is 1.59. The predicted molar refractivity (Wildman–Crippen MR) is 136 cm³/mol. The monoisotopic (exact) mass is 508 g/mol. The molecule has 1 aliphatic heterocycles. The van der Waals surface area contributed by atoms with Crippen LogP contribution in [0.4, 0.5) is 5.69 Å². The summed E-state index contributed by atoms with van der Waals surface area (Å²) in [5, 5.41) is 22.1. The van der Waals surface area contributed by atoms with Crippen molar-refractivity contribution in [2.45, 2.75) is 44.0 Å². The number of hydrogen-bond donors (Lipinski definition) is 3. The standard InChI is InChI=1S/C27H28N2O6S/c1-16-23(15-36-25-22(26(32)33)4-3-13-28-25)34-27(20-9-11-21(12-10-20)29-17(2)31)35-24(16)19-7-5-18(14-30)6-8-19/h3-13,16,23-24,27,30H,14-15H2,1-2H3,(H,29,31)(H,32,33)/t16-,23+,24+,27+/m0/s1. The summed E-state index contributed by atoms with van der Waals surface area (Å²) in [6, 6.07) is 18.1. The maximum atomic E-state index is 11.6. The number of carbonyl (C=O) groups excluding carboxylic acids is 1. The van der Waals surface area contributed by atoms with E-state index in [9.17, 15) is 19.8 Å². The highest BCUT2D eigenvalue weighted by atomic mass is 32.2. The van der Waals surface area contributed by atoms with Crippen LogP contribution in [-0.4, -0.2) is 38.9 Å². The molecule has 0 spiro atoms. The molecule has 0 radical (unpaired) electrons. The molecule has 8 nitrogen and oxygen atoms in total. The van der Waals surface area contributed by atoms with Crippen molar-refractivity contribution in [3.05, 3.63) is 89.1 Å². The number of rotatable bonds is 8. The number of ether oxygens (including phenoxy) is 2. The Labute approximate surface area is 213 Å². The number of pyridine rings is 1. The molecule has 4 atom stereocenters. The summed E-state index contributed by atoms with van der Waals surface area (Å²) in [7, 11) is 0. The van der Waals surface area contributed by atoms with Crippen molar-refractivity contribution >= 4 is 29.3 Å². The van der Waals surface area contributed by atoms with Gasteiger partial charge in [-0.3, -0.25) is 4.79 Å². The third-order valence-electron chi connectivity index (χ3n) is 6.01. The highest BCUT2D eigenvalue weighted by molar-refractivity contribution is 7.99. The Hall–Kier alpha value is -3.24. The Morgan fingerprint density at radius 3 is 2.36 bits per heavy atom. The number of aromatic nitrogens is 1. The zero-order valence-electron chi connectivity index (χ0n) is 20.0. The van der Waals surface area contributed by atoms with E-state index in [0.29, 0.717) is 16.5 Å². The fourth-order valence-corrected chi connectivity index (χ4v) is 5.22. The molecule has 188 valence electrons. The molecular formula is C27H28N2O6S. The number of thioether (sulfide) groups is 1. The lowest BCUT2D eigenvalue weighted by molar-refractivity contribution is -0.268. The van der Waals surface area contributed by atoms with Crippen molar-refractivity contribution in [1.29, 1.82) is 0 Å². The van der Waals surface area contributed by atoms with Crippen LogP contribution >= 0.6 is 11.8 Å². The maximum absolute atomic E-state index is 11.6. The third-order valence-corrected chi connectivity index (χ3v) is 7.11. The normalized spacial score (nSPS) is 21.6. The van der Waals surface area contributed by atoms with Crippen LogP contribution in [-0.2, 0) is 20.9 Å². The fourth-order valence-electron chi connectivity index (χ4n) is 4.07. The molecule has 0 aliphatic carbocycles. The summed E-state index contributed by atoms with van der Waals surface area (Å²) in [6.45, 7) is 3.46. The average molecular weight is 509 g/mol. The fraction of sp³-hybridized carbons (Fsp3) is 0.296. The molecule has 1 aromatic heterocycles. The first-order valence-corrected chi connectivity index (χ1v) is 12.5. The largest absolute Gasteiger partial charge is 0.478 e. The summed E-state index contributed by atoms with van der Waals surface area (Å²) in [6.07, 6.45) is 0.353. The molecule has 36 heavy (non-hydrogen) atoms. The zero-order chi connectivity index (χ0) is 25.7. The smallest absolute Gasteiger partial charge is 0.338 e. The summed E-state index contributed by atoms with van der Waals surface area (Å²) >= 11 is 1.34. The second-order valence-electron chi connectivity index (χ2n) is 8.60. The van der Waals surface area contributed by atoms with E-state index in [-0.39, 0.29) is 36.2 Å². The van der Waals surface area contributed by atoms with E-state index in [4.69, 9.17) is 9.47 Å². The number of anilines is 1. The van der Waals surface area contributed by atoms with E-state index in [1.165, 1.54) is 24.8 Å². The van der Waals surface area contributed by atoms with Gasteiger partial charge in [0.2, 0.25) is 5.91 Å². The van der Waals surface area contributed by atoms with Crippen LogP contribution in [0.5, 0.6) is 0 Å². The van der Waals surface area contributed by atoms with Crippen molar-refractivity contribution in [2.75, 3.05) is 11.1 Å². The molecule has 2 aromatic carbocycles. The van der Waals surface area contributed by atoms with Crippen molar-refractivity contribution in [3.8, 4) is 0 Å². The molecule has 1 fully saturated rings. The number of aliphatic hydroxyl groups excluding tert-OH is 1. The number of aromatic carboxylic acids is 1. The summed E-state index contributed by atoms with van der Waals surface area (Å²) in [5.41, 5.74) is 3.40. The van der Waals surface area contributed by atoms with Crippen LogP contribution in [0.3, 0.4) is 0 Å². The second kappa shape index (κ2) is 11.7. The van der Waals surface area contributed by atoms with E-state index in [0.717, 1.165) is 16.7 Å². The molecule has 1 amide bonds. The van der Waals surface area contributed by atoms with Gasteiger partial charge in [0.25, 0.3) is 0 Å². The predicted octanol–water partition coefficient (Wildman–Crippen LogP) is 4.81. The Kier molecular flexibility index (Phi) is 8.37. The minimum absolute atomic E-state index is 0.0387. The maximum Gasteiger partial charge on any atom is 0.338 e. The Morgan fingerprint density at radius 1 is 1.03 bits per heavy atom. The number of aliphatic hydroxyl groups is 1. The molecule has 0 saturated carbocycles. The van der Waals surface area contributed by atoms with Gasteiger partial charge in [0.1, 0.15) is 5.03 Å². The van der Waals surface area contributed by atoms with E-state index >= 15 is 0 Å². The van der Waals surface area contributed by atoms with Gasteiger partial charge in [-0.05, 0) is 35.4 Å². The van der Waals surface area contributed by atoms with Gasteiger partial charge >= 0.3 is 5.97 Å². The molecule has 2 heterocycles. The van der Waals surface area contributed by atoms with Gasteiger partial charge in [-0.2, -0.15) is 0 Å². The van der Waals surface area contributed by atoms with E-state index in [2.05, 4.69) is 10.3 Å². The highest BCUT2D eigenvalue weighted by Crippen LogP contribution is 2.43. The van der Waals surface area contributed by atoms with Gasteiger partial charge in [0.05, 0.1) is 24.4 Å². The van der Waals surface area contributed by atoms with Gasteiger partial charge < -0.3 is 25.0 Å². The Morgan fingerprint density at radius 2 is 1.72 bits per heavy atom. The molecule has 3 N–H and O–H groups in total. The van der Waals surface area contributed by atoms with Crippen LogP contribution in [0, 0.1) is 5.92 Å². The van der Waals surface area contributed by atoms with Crippen LogP contribution in [0.25, 0.3) is 0 Å². The van der Waals surface area contributed by atoms with Gasteiger partial charge in [-0.15, -0.1) is 11.8 Å². The minimum Gasteiger partial charge on any atom is -0.478 e. The molecule has 0 unspecified atom stereocenters. The highest BCUT2D eigenvalue weighted by Gasteiger charge is 2.38. The number of benzene rings is 2. The molecule has 4 rings (SSSR count). The zero-order valence-corrected chi connectivity index (χ0v) is 20.8. The summed E-state index contributed by atoms with van der Waals surface area (Å²) in [4.78, 5) is 27.2. The topological polar surface area (TPSA) is 118 Å². The number of amides is 1. The van der Waals surface area contributed by atoms with Crippen LogP contribution < -0.4 is 5.32 Å². The first-order chi connectivity index (χ1) is 17.4. The van der Waals surface area contributed by atoms with E-state index in [1.54, 1.807) is 24.4 Å². The lowest BCUT2D eigenvalue weighted by Crippen LogP contribution is -2.38. The van der Waals surface area contributed by atoms with Gasteiger partial charge in [-0.25, -0.2) is 9.78 Å². The minimum atomic E-state index is -1.02. The molecule has 1 aliphatic rings. The van der Waals surface area contributed by atoms with Crippen molar-refractivity contribution in [3.63, 3.8) is 0 Å². The van der Waals surface area contributed by atoms with Crippen LogP contribution in [0.1, 0.15) is 53.3 Å². The average Bonchev–Trinajstić information content (AvgIpc) is 2.88. The molecular weight excluding hydrogens is 480 g/mol. The van der Waals surface area contributed by atoms with Gasteiger partial charge in [0.15, 0.2) is 6.29 Å². The third kappa shape index (κ3) is 6.11. The van der Waals surface area contributed by atoms with Crippen LogP contribution in [0.2, 0.25) is 0 Å². The van der Waals surface area contributed by atoms with E-state index in [1.807, 2.05) is 43.3 Å². The molecule has 3 aromatic rings. The Bertz CT molecular complexity index is 1200. The van der Waals surface area contributed by atoms with Gasteiger partial charge in [0, 0.05) is 36.0 Å². The molecule has 1 saturated heterocycles. The number of carboxylic acid groups (broad SMARTS) is 1. The molecule has 9 heteroatoms. The number of carboxylic acids is 1. The number of nitrogens with one attached hydrogen (secondary N) is 1. The van der Waals surface area contributed by atoms with Crippen LogP contribution in [0.15, 0.2) is 71.9 Å². The van der Waals surface area contributed by atoms with Gasteiger partial charge in [-0.1, -0.05) is 43.3 Å². The molecule has 0 bridgehead atoms. The van der Waals surface area contributed by atoms with E-state index < -0.39 is 12.3 Å².